The monoisotopic (exact) mass is 409 g/mol. The third-order valence-corrected chi connectivity index (χ3v) is 4.95. The molecule has 7 nitrogen and oxygen atoms in total. The molecule has 3 rings (SSSR count). The SMILES string of the molecule is C[C@H](NC(=O)c1ccccc1)C(=O)OCC(=O)Nc1ccc(N2CCCCC2)cc1. The van der Waals surface area contributed by atoms with Gasteiger partial charge in [0, 0.05) is 30.0 Å². The zero-order chi connectivity index (χ0) is 21.3. The molecule has 1 heterocycles. The molecule has 30 heavy (non-hydrogen) atoms. The van der Waals surface area contributed by atoms with E-state index in [0.717, 1.165) is 18.8 Å². The number of hydrogen-bond acceptors (Lipinski definition) is 5. The van der Waals surface area contributed by atoms with Crippen molar-refractivity contribution < 1.29 is 19.1 Å². The molecule has 0 radical (unpaired) electrons. The maximum atomic E-state index is 12.1. The molecule has 2 aromatic carbocycles. The molecule has 0 bridgehead atoms. The van der Waals surface area contributed by atoms with Crippen molar-refractivity contribution in [2.24, 2.45) is 0 Å². The second-order valence-corrected chi connectivity index (χ2v) is 7.31. The fraction of sp³-hybridized carbons (Fsp3) is 0.348. The Kier molecular flexibility index (Phi) is 7.43. The van der Waals surface area contributed by atoms with Crippen molar-refractivity contribution in [3.05, 3.63) is 60.2 Å². The Bertz CT molecular complexity index is 862. The van der Waals surface area contributed by atoms with E-state index in [4.69, 9.17) is 4.74 Å². The molecule has 0 spiro atoms. The van der Waals surface area contributed by atoms with E-state index in [1.807, 2.05) is 24.3 Å². The van der Waals surface area contributed by atoms with Crippen molar-refractivity contribution in [1.29, 1.82) is 0 Å². The molecule has 2 amide bonds. The molecule has 1 aliphatic rings. The number of carbonyl (C=O) groups excluding carboxylic acids is 3. The van der Waals surface area contributed by atoms with Crippen molar-refractivity contribution in [2.45, 2.75) is 32.2 Å². The molecule has 0 saturated carbocycles. The Morgan fingerprint density at radius 3 is 2.30 bits per heavy atom. The zero-order valence-electron chi connectivity index (χ0n) is 17.1. The summed E-state index contributed by atoms with van der Waals surface area (Å²) < 4.78 is 5.02. The van der Waals surface area contributed by atoms with Crippen LogP contribution in [-0.4, -0.2) is 43.5 Å². The largest absolute Gasteiger partial charge is 0.454 e. The molecule has 1 saturated heterocycles. The number of nitrogens with zero attached hydrogens (tertiary/aromatic N) is 1. The highest BCUT2D eigenvalue weighted by atomic mass is 16.5. The number of anilines is 2. The van der Waals surface area contributed by atoms with Crippen molar-refractivity contribution in [3.8, 4) is 0 Å². The Labute approximate surface area is 176 Å². The fourth-order valence-corrected chi connectivity index (χ4v) is 3.29. The van der Waals surface area contributed by atoms with Crippen LogP contribution >= 0.6 is 0 Å². The van der Waals surface area contributed by atoms with E-state index in [-0.39, 0.29) is 5.91 Å². The molecular weight excluding hydrogens is 382 g/mol. The first-order valence-corrected chi connectivity index (χ1v) is 10.2. The van der Waals surface area contributed by atoms with Gasteiger partial charge in [-0.1, -0.05) is 18.2 Å². The molecule has 2 aromatic rings. The van der Waals surface area contributed by atoms with Crippen LogP contribution in [0.3, 0.4) is 0 Å². The van der Waals surface area contributed by atoms with Gasteiger partial charge in [0.05, 0.1) is 0 Å². The van der Waals surface area contributed by atoms with Crippen LogP contribution in [0.5, 0.6) is 0 Å². The van der Waals surface area contributed by atoms with Crippen LogP contribution in [0.4, 0.5) is 11.4 Å². The number of benzene rings is 2. The lowest BCUT2D eigenvalue weighted by Crippen LogP contribution is -2.40. The smallest absolute Gasteiger partial charge is 0.328 e. The number of esters is 1. The van der Waals surface area contributed by atoms with E-state index in [2.05, 4.69) is 15.5 Å². The van der Waals surface area contributed by atoms with Crippen molar-refractivity contribution in [2.75, 3.05) is 29.9 Å². The minimum absolute atomic E-state index is 0.377. The number of amides is 2. The van der Waals surface area contributed by atoms with E-state index in [1.54, 1.807) is 30.3 Å². The van der Waals surface area contributed by atoms with Crippen LogP contribution < -0.4 is 15.5 Å². The Balaban J connectivity index is 1.42. The fourth-order valence-electron chi connectivity index (χ4n) is 3.29. The van der Waals surface area contributed by atoms with E-state index < -0.39 is 24.5 Å². The van der Waals surface area contributed by atoms with Gasteiger partial charge < -0.3 is 20.3 Å². The molecule has 0 unspecified atom stereocenters. The highest BCUT2D eigenvalue weighted by molar-refractivity contribution is 5.97. The predicted octanol–water partition coefficient (Wildman–Crippen LogP) is 2.98. The highest BCUT2D eigenvalue weighted by Crippen LogP contribution is 2.21. The summed E-state index contributed by atoms with van der Waals surface area (Å²) >= 11 is 0. The van der Waals surface area contributed by atoms with Gasteiger partial charge in [-0.3, -0.25) is 9.59 Å². The second-order valence-electron chi connectivity index (χ2n) is 7.31. The minimum atomic E-state index is -0.866. The number of carbonyl (C=O) groups is 3. The molecule has 1 aliphatic heterocycles. The van der Waals surface area contributed by atoms with Crippen LogP contribution in [0.25, 0.3) is 0 Å². The third-order valence-electron chi connectivity index (χ3n) is 4.95. The van der Waals surface area contributed by atoms with E-state index in [1.165, 1.54) is 26.2 Å². The summed E-state index contributed by atoms with van der Waals surface area (Å²) in [6, 6.07) is 15.3. The Hall–Kier alpha value is -3.35. The highest BCUT2D eigenvalue weighted by Gasteiger charge is 2.19. The summed E-state index contributed by atoms with van der Waals surface area (Å²) in [4.78, 5) is 38.6. The molecule has 2 N–H and O–H groups in total. The van der Waals surface area contributed by atoms with E-state index >= 15 is 0 Å². The molecule has 1 atom stereocenters. The predicted molar refractivity (Wildman–Crippen MR) is 115 cm³/mol. The summed E-state index contributed by atoms with van der Waals surface area (Å²) in [7, 11) is 0. The van der Waals surface area contributed by atoms with E-state index in [9.17, 15) is 14.4 Å². The molecule has 7 heteroatoms. The van der Waals surface area contributed by atoms with Crippen LogP contribution in [0.1, 0.15) is 36.5 Å². The number of nitrogens with one attached hydrogen (secondary N) is 2. The minimum Gasteiger partial charge on any atom is -0.454 e. The first-order chi connectivity index (χ1) is 14.5. The molecule has 158 valence electrons. The normalized spacial score (nSPS) is 14.5. The standard InChI is InChI=1S/C23H27N3O4/c1-17(24-22(28)18-8-4-2-5-9-18)23(29)30-16-21(27)25-19-10-12-20(13-11-19)26-14-6-3-7-15-26/h2,4-5,8-13,17H,3,6-7,14-16H2,1H3,(H,24,28)(H,25,27)/t17-/m0/s1. The molecule has 1 fully saturated rings. The second kappa shape index (κ2) is 10.4. The van der Waals surface area contributed by atoms with Gasteiger partial charge in [0.15, 0.2) is 6.61 Å². The molecule has 0 aliphatic carbocycles. The third kappa shape index (κ3) is 6.07. The van der Waals surface area contributed by atoms with Crippen LogP contribution in [0.2, 0.25) is 0 Å². The van der Waals surface area contributed by atoms with Crippen molar-refractivity contribution in [1.82, 2.24) is 5.32 Å². The average molecular weight is 409 g/mol. The van der Waals surface area contributed by atoms with Gasteiger partial charge in [0.25, 0.3) is 11.8 Å². The molecular formula is C23H27N3O4. The summed E-state index contributed by atoms with van der Waals surface area (Å²) in [5.41, 5.74) is 2.23. The van der Waals surface area contributed by atoms with Crippen molar-refractivity contribution >= 4 is 29.2 Å². The van der Waals surface area contributed by atoms with Gasteiger partial charge in [-0.2, -0.15) is 0 Å². The lowest BCUT2D eigenvalue weighted by atomic mass is 10.1. The first kappa shape index (κ1) is 21.4. The first-order valence-electron chi connectivity index (χ1n) is 10.2. The maximum Gasteiger partial charge on any atom is 0.328 e. The number of rotatable bonds is 7. The number of piperidine rings is 1. The molecule has 0 aromatic heterocycles. The summed E-state index contributed by atoms with van der Waals surface area (Å²) in [5.74, 6) is -1.48. The van der Waals surface area contributed by atoms with Gasteiger partial charge in [0.2, 0.25) is 0 Å². The van der Waals surface area contributed by atoms with Crippen LogP contribution in [0.15, 0.2) is 54.6 Å². The van der Waals surface area contributed by atoms with Crippen LogP contribution in [-0.2, 0) is 14.3 Å². The summed E-state index contributed by atoms with van der Waals surface area (Å²) in [6.45, 7) is 3.21. The topological polar surface area (TPSA) is 87.7 Å². The van der Waals surface area contributed by atoms with E-state index in [0.29, 0.717) is 11.3 Å². The lowest BCUT2D eigenvalue weighted by molar-refractivity contribution is -0.148. The average Bonchev–Trinajstić information content (AvgIpc) is 2.79. The Morgan fingerprint density at radius 2 is 1.63 bits per heavy atom. The quantitative estimate of drug-likeness (QED) is 0.687. The van der Waals surface area contributed by atoms with Gasteiger partial charge in [-0.25, -0.2) is 4.79 Å². The Morgan fingerprint density at radius 1 is 0.967 bits per heavy atom. The van der Waals surface area contributed by atoms with Gasteiger partial charge in [0.1, 0.15) is 6.04 Å². The zero-order valence-corrected chi connectivity index (χ0v) is 17.1. The van der Waals surface area contributed by atoms with Gasteiger partial charge in [-0.15, -0.1) is 0 Å². The van der Waals surface area contributed by atoms with Gasteiger partial charge >= 0.3 is 5.97 Å². The van der Waals surface area contributed by atoms with Gasteiger partial charge in [-0.05, 0) is 62.6 Å². The number of ether oxygens (including phenoxy) is 1. The lowest BCUT2D eigenvalue weighted by Gasteiger charge is -2.28. The summed E-state index contributed by atoms with van der Waals surface area (Å²) in [5, 5.41) is 5.27. The maximum absolute atomic E-state index is 12.1. The van der Waals surface area contributed by atoms with Crippen molar-refractivity contribution in [3.63, 3.8) is 0 Å². The summed E-state index contributed by atoms with van der Waals surface area (Å²) in [6.07, 6.45) is 3.68. The number of hydrogen-bond donors (Lipinski definition) is 2. The van der Waals surface area contributed by atoms with Crippen LogP contribution in [0, 0.1) is 0 Å².